The van der Waals surface area contributed by atoms with E-state index in [-0.39, 0.29) is 5.41 Å². The number of aromatic nitrogens is 1. The summed E-state index contributed by atoms with van der Waals surface area (Å²) in [5, 5.41) is 1.31. The molecule has 0 bridgehead atoms. The Balaban J connectivity index is 1.25. The van der Waals surface area contributed by atoms with E-state index < -0.39 is 0 Å². The normalized spacial score (nSPS) is 16.0. The first-order chi connectivity index (χ1) is 24.5. The van der Waals surface area contributed by atoms with E-state index in [0.717, 1.165) is 25.7 Å². The number of anilines is 2. The Morgan fingerprint density at radius 2 is 1.40 bits per heavy atom. The number of nitrogens with zero attached hydrogens (tertiary/aromatic N) is 2. The molecule has 9 rings (SSSR count). The van der Waals surface area contributed by atoms with Crippen LogP contribution >= 0.6 is 0 Å². The predicted molar refractivity (Wildman–Crippen MR) is 211 cm³/mol. The molecule has 5 aromatic carbocycles. The number of rotatable bonds is 6. The van der Waals surface area contributed by atoms with Crippen molar-refractivity contribution in [2.24, 2.45) is 0 Å². The van der Waals surface area contributed by atoms with Crippen molar-refractivity contribution >= 4 is 22.3 Å². The summed E-state index contributed by atoms with van der Waals surface area (Å²) in [4.78, 5) is 2.50. The van der Waals surface area contributed by atoms with Crippen molar-refractivity contribution in [1.29, 1.82) is 0 Å². The molecule has 1 heterocycles. The van der Waals surface area contributed by atoms with E-state index in [0.29, 0.717) is 0 Å². The molecule has 0 amide bonds. The summed E-state index contributed by atoms with van der Waals surface area (Å²) >= 11 is 0. The highest BCUT2D eigenvalue weighted by Crippen LogP contribution is 2.54. The minimum atomic E-state index is -0.149. The van der Waals surface area contributed by atoms with Gasteiger partial charge in [-0.1, -0.05) is 123 Å². The van der Waals surface area contributed by atoms with Gasteiger partial charge in [-0.2, -0.15) is 0 Å². The molecule has 0 saturated carbocycles. The summed E-state index contributed by atoms with van der Waals surface area (Å²) < 4.78 is 2.52. The lowest BCUT2D eigenvalue weighted by atomic mass is 9.81. The molecule has 0 aliphatic heterocycles. The van der Waals surface area contributed by atoms with E-state index in [9.17, 15) is 0 Å². The molecule has 0 fully saturated rings. The molecule has 1 aromatic heterocycles. The van der Waals surface area contributed by atoms with Crippen molar-refractivity contribution in [3.05, 3.63) is 185 Å². The Morgan fingerprint density at radius 3 is 2.18 bits per heavy atom. The lowest BCUT2D eigenvalue weighted by Crippen LogP contribution is -2.18. The van der Waals surface area contributed by atoms with Crippen LogP contribution in [0, 0.1) is 6.92 Å². The van der Waals surface area contributed by atoms with Gasteiger partial charge in [0.2, 0.25) is 0 Å². The molecule has 3 aliphatic rings. The number of hydrogen-bond acceptors (Lipinski definition) is 1. The molecule has 0 saturated heterocycles. The lowest BCUT2D eigenvalue weighted by Gasteiger charge is -2.31. The first kappa shape index (κ1) is 30.5. The maximum Gasteiger partial charge on any atom is 0.0585 e. The van der Waals surface area contributed by atoms with Gasteiger partial charge in [-0.3, -0.25) is 0 Å². The van der Waals surface area contributed by atoms with E-state index in [4.69, 9.17) is 0 Å². The molecule has 2 heteroatoms. The quantitative estimate of drug-likeness (QED) is 0.175. The highest BCUT2D eigenvalue weighted by Gasteiger charge is 2.40. The monoisotopic (exact) mass is 646 g/mol. The first-order valence-corrected chi connectivity index (χ1v) is 18.0. The molecular formula is C48H42N2. The van der Waals surface area contributed by atoms with Crippen LogP contribution in [0.15, 0.2) is 169 Å². The summed E-state index contributed by atoms with van der Waals surface area (Å²) in [5.41, 5.74) is 18.1. The van der Waals surface area contributed by atoms with Crippen molar-refractivity contribution < 1.29 is 0 Å². The second kappa shape index (κ2) is 12.1. The molecule has 2 nitrogen and oxygen atoms in total. The molecule has 6 aromatic rings. The third-order valence-electron chi connectivity index (χ3n) is 11.0. The van der Waals surface area contributed by atoms with Crippen LogP contribution in [0.25, 0.3) is 39.0 Å². The van der Waals surface area contributed by atoms with Crippen molar-refractivity contribution in [2.75, 3.05) is 4.90 Å². The van der Waals surface area contributed by atoms with Crippen LogP contribution in [0.5, 0.6) is 0 Å². The third kappa shape index (κ3) is 5.01. The van der Waals surface area contributed by atoms with Gasteiger partial charge in [0.15, 0.2) is 0 Å². The highest BCUT2D eigenvalue weighted by molar-refractivity contribution is 6.01. The zero-order chi connectivity index (χ0) is 33.8. The van der Waals surface area contributed by atoms with Crippen LogP contribution in [-0.4, -0.2) is 4.57 Å². The van der Waals surface area contributed by atoms with Crippen LogP contribution in [0.3, 0.4) is 0 Å². The number of fused-ring (bicyclic) bond motifs is 5. The van der Waals surface area contributed by atoms with Gasteiger partial charge < -0.3 is 9.47 Å². The summed E-state index contributed by atoms with van der Waals surface area (Å²) in [7, 11) is 0. The van der Waals surface area contributed by atoms with E-state index in [1.54, 1.807) is 0 Å². The summed E-state index contributed by atoms with van der Waals surface area (Å²) in [5.74, 6) is 0. The molecule has 0 atom stereocenters. The Labute approximate surface area is 296 Å². The Morgan fingerprint density at radius 1 is 0.640 bits per heavy atom. The maximum atomic E-state index is 2.52. The number of hydrogen-bond donors (Lipinski definition) is 0. The molecule has 3 aliphatic carbocycles. The second-order valence-corrected chi connectivity index (χ2v) is 14.5. The molecular weight excluding hydrogens is 605 g/mol. The van der Waals surface area contributed by atoms with Crippen molar-refractivity contribution in [1.82, 2.24) is 4.57 Å². The van der Waals surface area contributed by atoms with E-state index >= 15 is 0 Å². The summed E-state index contributed by atoms with van der Waals surface area (Å²) in [6.07, 6.45) is 15.9. The molecule has 0 unspecified atom stereocenters. The molecule has 0 spiro atoms. The van der Waals surface area contributed by atoms with Gasteiger partial charge >= 0.3 is 0 Å². The zero-order valence-electron chi connectivity index (χ0n) is 29.2. The lowest BCUT2D eigenvalue weighted by molar-refractivity contribution is 0.666. The number of benzene rings is 5. The average molecular weight is 647 g/mol. The van der Waals surface area contributed by atoms with Crippen LogP contribution in [0.1, 0.15) is 56.2 Å². The van der Waals surface area contributed by atoms with Crippen molar-refractivity contribution in [3.63, 3.8) is 0 Å². The topological polar surface area (TPSA) is 8.17 Å². The van der Waals surface area contributed by atoms with Crippen molar-refractivity contribution in [3.8, 4) is 28.1 Å². The fourth-order valence-corrected chi connectivity index (χ4v) is 8.52. The fourth-order valence-electron chi connectivity index (χ4n) is 8.52. The van der Waals surface area contributed by atoms with Crippen LogP contribution in [0.4, 0.5) is 11.4 Å². The number of allylic oxidation sites excluding steroid dienone is 8. The van der Waals surface area contributed by atoms with Gasteiger partial charge in [-0.05, 0) is 115 Å². The minimum absolute atomic E-state index is 0.149. The Kier molecular flexibility index (Phi) is 7.35. The highest BCUT2D eigenvalue weighted by atomic mass is 15.1. The Hall–Kier alpha value is -5.60. The number of aryl methyl sites for hydroxylation is 1. The summed E-state index contributed by atoms with van der Waals surface area (Å²) in [6, 6.07) is 45.0. The zero-order valence-corrected chi connectivity index (χ0v) is 29.2. The van der Waals surface area contributed by atoms with E-state index in [1.165, 1.54) is 83.9 Å². The average Bonchev–Trinajstić information content (AvgIpc) is 3.63. The maximum absolute atomic E-state index is 2.52. The predicted octanol–water partition coefficient (Wildman–Crippen LogP) is 12.9. The molecule has 50 heavy (non-hydrogen) atoms. The van der Waals surface area contributed by atoms with Gasteiger partial charge in [0.1, 0.15) is 0 Å². The second-order valence-electron chi connectivity index (χ2n) is 14.5. The van der Waals surface area contributed by atoms with Crippen LogP contribution in [-0.2, 0) is 5.41 Å². The van der Waals surface area contributed by atoms with Gasteiger partial charge in [0.25, 0.3) is 0 Å². The van der Waals surface area contributed by atoms with Gasteiger partial charge in [0.05, 0.1) is 11.2 Å². The Bertz CT molecular complexity index is 2390. The van der Waals surface area contributed by atoms with Gasteiger partial charge in [0, 0.05) is 39.1 Å². The van der Waals surface area contributed by atoms with Gasteiger partial charge in [-0.15, -0.1) is 0 Å². The molecule has 0 radical (unpaired) electrons. The smallest absolute Gasteiger partial charge is 0.0585 e. The SMILES string of the molecule is Cc1ccc(N(C2=CC=C(C3=CC=CCC3)CC2)c2ccc3c(c2)c2c(n3-c3cccc(-c4ccccc4)c3)-c3ccccc3C2(C)C)cc1. The van der Waals surface area contributed by atoms with E-state index in [1.807, 2.05) is 0 Å². The fraction of sp³-hybridized carbons (Fsp3) is 0.167. The summed E-state index contributed by atoms with van der Waals surface area (Å²) in [6.45, 7) is 6.97. The largest absolute Gasteiger partial charge is 0.314 e. The van der Waals surface area contributed by atoms with Crippen molar-refractivity contribution in [2.45, 2.75) is 51.9 Å². The minimum Gasteiger partial charge on any atom is -0.314 e. The first-order valence-electron chi connectivity index (χ1n) is 18.0. The van der Waals surface area contributed by atoms with E-state index in [2.05, 4.69) is 182 Å². The standard InChI is InChI=1S/C48H42N2/c1-33-21-25-38(26-22-33)49(39-27-23-36(24-28-39)34-13-6-4-7-14-34)41-29-30-45-43(32-41)46-47(42-19-10-11-20-44(42)48(46,2)3)50(45)40-18-12-17-37(31-40)35-15-8-5-9-16-35/h4-6,8-13,15-23,25-27,29-32H,7,14,24,28H2,1-3H3. The van der Waals surface area contributed by atoms with Gasteiger partial charge in [-0.25, -0.2) is 0 Å². The molecule has 0 N–H and O–H groups in total. The van der Waals surface area contributed by atoms with Crippen LogP contribution in [0.2, 0.25) is 0 Å². The van der Waals surface area contributed by atoms with Crippen LogP contribution < -0.4 is 4.90 Å². The third-order valence-corrected chi connectivity index (χ3v) is 11.0. The molecule has 244 valence electrons.